The lowest BCUT2D eigenvalue weighted by atomic mass is 9.73. The Bertz CT molecular complexity index is 808. The first-order valence-corrected chi connectivity index (χ1v) is 9.73. The van der Waals surface area contributed by atoms with Crippen molar-refractivity contribution in [2.45, 2.75) is 18.3 Å². The number of carbonyl (C=O) groups is 1. The highest BCUT2D eigenvalue weighted by Crippen LogP contribution is 2.40. The molecule has 0 atom stereocenters. The molecule has 1 fully saturated rings. The van der Waals surface area contributed by atoms with Crippen LogP contribution in [0.4, 0.5) is 5.69 Å². The van der Waals surface area contributed by atoms with Crippen LogP contribution in [0.25, 0.3) is 0 Å². The molecule has 0 aliphatic carbocycles. The largest absolute Gasteiger partial charge is 0.475 e. The summed E-state index contributed by atoms with van der Waals surface area (Å²) < 4.78 is 15.9. The van der Waals surface area contributed by atoms with Crippen molar-refractivity contribution in [3.63, 3.8) is 0 Å². The van der Waals surface area contributed by atoms with Gasteiger partial charge in [-0.05, 0) is 36.6 Å². The number of nitrogens with one attached hydrogen (secondary N) is 1. The molecule has 6 nitrogen and oxygen atoms in total. The van der Waals surface area contributed by atoms with Gasteiger partial charge in [0.1, 0.15) is 6.61 Å². The highest BCUT2D eigenvalue weighted by molar-refractivity contribution is 6.35. The Kier molecular flexibility index (Phi) is 7.13. The molecule has 0 unspecified atom stereocenters. The van der Waals surface area contributed by atoms with E-state index in [1.54, 1.807) is 37.6 Å². The van der Waals surface area contributed by atoms with E-state index in [1.165, 1.54) is 0 Å². The van der Waals surface area contributed by atoms with Gasteiger partial charge in [0.2, 0.25) is 11.8 Å². The van der Waals surface area contributed by atoms with E-state index in [2.05, 4.69) is 10.3 Å². The first-order valence-electron chi connectivity index (χ1n) is 8.98. The molecule has 8 heteroatoms. The Morgan fingerprint density at radius 1 is 1.21 bits per heavy atom. The third-order valence-corrected chi connectivity index (χ3v) is 5.31. The van der Waals surface area contributed by atoms with Crippen LogP contribution in [0.2, 0.25) is 10.0 Å². The Balaban J connectivity index is 1.79. The number of carbonyl (C=O) groups excluding carboxylic acids is 1. The second kappa shape index (κ2) is 9.56. The van der Waals surface area contributed by atoms with Crippen LogP contribution in [0.3, 0.4) is 0 Å². The SMILES string of the molecule is COCCOc1ccc(NC(=O)C2(c3ccc(Cl)cc3Cl)CCOCC2)cn1. The maximum atomic E-state index is 13.3. The molecule has 1 N–H and O–H groups in total. The van der Waals surface area contributed by atoms with Crippen LogP contribution >= 0.6 is 23.2 Å². The molecule has 1 aromatic carbocycles. The fraction of sp³-hybridized carbons (Fsp3) is 0.400. The average Bonchev–Trinajstić information content (AvgIpc) is 2.70. The Morgan fingerprint density at radius 3 is 2.64 bits per heavy atom. The molecule has 1 aliphatic heterocycles. The summed E-state index contributed by atoms with van der Waals surface area (Å²) in [5.74, 6) is 0.325. The van der Waals surface area contributed by atoms with Crippen LogP contribution < -0.4 is 10.1 Å². The van der Waals surface area contributed by atoms with Crippen molar-refractivity contribution in [1.82, 2.24) is 4.98 Å². The molecule has 1 saturated heterocycles. The van der Waals surface area contributed by atoms with Crippen LogP contribution in [-0.2, 0) is 19.7 Å². The molecule has 0 bridgehead atoms. The van der Waals surface area contributed by atoms with E-state index < -0.39 is 5.41 Å². The molecule has 0 spiro atoms. The molecule has 1 aliphatic rings. The summed E-state index contributed by atoms with van der Waals surface area (Å²) in [4.78, 5) is 17.5. The van der Waals surface area contributed by atoms with Crippen LogP contribution in [0.15, 0.2) is 36.5 Å². The average molecular weight is 425 g/mol. The number of benzene rings is 1. The van der Waals surface area contributed by atoms with Crippen LogP contribution in [0.1, 0.15) is 18.4 Å². The first kappa shape index (κ1) is 20.9. The number of nitrogens with zero attached hydrogens (tertiary/aromatic N) is 1. The number of methoxy groups -OCH3 is 1. The van der Waals surface area contributed by atoms with E-state index in [1.807, 2.05) is 6.07 Å². The topological polar surface area (TPSA) is 69.7 Å². The van der Waals surface area contributed by atoms with Crippen molar-refractivity contribution in [3.05, 3.63) is 52.1 Å². The summed E-state index contributed by atoms with van der Waals surface area (Å²) in [5, 5.41) is 3.97. The number of anilines is 1. The fourth-order valence-corrected chi connectivity index (χ4v) is 3.83. The third-order valence-electron chi connectivity index (χ3n) is 4.76. The Morgan fingerprint density at radius 2 is 2.00 bits per heavy atom. The number of ether oxygens (including phenoxy) is 3. The zero-order valence-corrected chi connectivity index (χ0v) is 17.1. The maximum absolute atomic E-state index is 13.3. The predicted octanol–water partition coefficient (Wildman–Crippen LogP) is 4.10. The molecule has 3 rings (SSSR count). The lowest BCUT2D eigenvalue weighted by molar-refractivity contribution is -0.125. The van der Waals surface area contributed by atoms with Gasteiger partial charge >= 0.3 is 0 Å². The summed E-state index contributed by atoms with van der Waals surface area (Å²) in [5.41, 5.74) is 0.556. The van der Waals surface area contributed by atoms with E-state index >= 15 is 0 Å². The molecule has 0 radical (unpaired) electrons. The molecular weight excluding hydrogens is 403 g/mol. The number of aromatic nitrogens is 1. The summed E-state index contributed by atoms with van der Waals surface area (Å²) >= 11 is 12.5. The number of amides is 1. The highest BCUT2D eigenvalue weighted by atomic mass is 35.5. The van der Waals surface area contributed by atoms with Crippen molar-refractivity contribution in [3.8, 4) is 5.88 Å². The molecule has 150 valence electrons. The van der Waals surface area contributed by atoms with Gasteiger partial charge < -0.3 is 19.5 Å². The zero-order chi connectivity index (χ0) is 20.0. The standard InChI is InChI=1S/C20H22Cl2N2O4/c1-26-10-11-28-18-5-3-15(13-23-18)24-19(25)20(6-8-27-9-7-20)16-4-2-14(21)12-17(16)22/h2-5,12-13H,6-11H2,1H3,(H,24,25). The number of rotatable bonds is 7. The van der Waals surface area contributed by atoms with Gasteiger partial charge in [-0.3, -0.25) is 4.79 Å². The van der Waals surface area contributed by atoms with Crippen molar-refractivity contribution >= 4 is 34.8 Å². The summed E-state index contributed by atoms with van der Waals surface area (Å²) in [6.45, 7) is 1.85. The second-order valence-electron chi connectivity index (χ2n) is 6.50. The molecular formula is C20H22Cl2N2O4. The van der Waals surface area contributed by atoms with Gasteiger partial charge in [-0.15, -0.1) is 0 Å². The van der Waals surface area contributed by atoms with Crippen LogP contribution in [-0.4, -0.2) is 44.4 Å². The van der Waals surface area contributed by atoms with E-state index in [4.69, 9.17) is 37.4 Å². The molecule has 2 heterocycles. The van der Waals surface area contributed by atoms with Crippen molar-refractivity contribution < 1.29 is 19.0 Å². The summed E-state index contributed by atoms with van der Waals surface area (Å²) in [6.07, 6.45) is 2.63. The molecule has 28 heavy (non-hydrogen) atoms. The van der Waals surface area contributed by atoms with Gasteiger partial charge in [-0.1, -0.05) is 29.3 Å². The number of pyridine rings is 1. The minimum atomic E-state index is -0.784. The second-order valence-corrected chi connectivity index (χ2v) is 7.34. The van der Waals surface area contributed by atoms with E-state index in [0.717, 1.165) is 5.56 Å². The molecule has 0 saturated carbocycles. The van der Waals surface area contributed by atoms with Crippen molar-refractivity contribution in [2.75, 3.05) is 38.9 Å². The summed E-state index contributed by atoms with van der Waals surface area (Å²) in [6, 6.07) is 8.69. The molecule has 2 aromatic rings. The van der Waals surface area contributed by atoms with Gasteiger partial charge in [0, 0.05) is 36.4 Å². The molecule has 1 amide bonds. The van der Waals surface area contributed by atoms with Crippen LogP contribution in [0, 0.1) is 0 Å². The summed E-state index contributed by atoms with van der Waals surface area (Å²) in [7, 11) is 1.61. The highest BCUT2D eigenvalue weighted by Gasteiger charge is 2.43. The van der Waals surface area contributed by atoms with E-state index in [-0.39, 0.29) is 5.91 Å². The fourth-order valence-electron chi connectivity index (χ4n) is 3.24. The van der Waals surface area contributed by atoms with Gasteiger partial charge in [0.25, 0.3) is 0 Å². The van der Waals surface area contributed by atoms with Crippen molar-refractivity contribution in [1.29, 1.82) is 0 Å². The zero-order valence-electron chi connectivity index (χ0n) is 15.5. The Hall–Kier alpha value is -1.86. The van der Waals surface area contributed by atoms with Crippen molar-refractivity contribution in [2.24, 2.45) is 0 Å². The minimum absolute atomic E-state index is 0.144. The number of hydrogen-bond donors (Lipinski definition) is 1. The van der Waals surface area contributed by atoms with Gasteiger partial charge in [-0.2, -0.15) is 0 Å². The number of halogens is 2. The monoisotopic (exact) mass is 424 g/mol. The van der Waals surface area contributed by atoms with Gasteiger partial charge in [0.05, 0.1) is 23.9 Å². The molecule has 1 aromatic heterocycles. The van der Waals surface area contributed by atoms with Gasteiger partial charge in [0.15, 0.2) is 0 Å². The van der Waals surface area contributed by atoms with E-state index in [9.17, 15) is 4.79 Å². The van der Waals surface area contributed by atoms with E-state index in [0.29, 0.717) is 60.9 Å². The maximum Gasteiger partial charge on any atom is 0.235 e. The first-order chi connectivity index (χ1) is 13.5. The predicted molar refractivity (Wildman–Crippen MR) is 108 cm³/mol. The number of hydrogen-bond acceptors (Lipinski definition) is 5. The smallest absolute Gasteiger partial charge is 0.235 e. The lowest BCUT2D eigenvalue weighted by Crippen LogP contribution is -2.45. The Labute approximate surface area is 174 Å². The minimum Gasteiger partial charge on any atom is -0.475 e. The van der Waals surface area contributed by atoms with Crippen LogP contribution in [0.5, 0.6) is 5.88 Å². The lowest BCUT2D eigenvalue weighted by Gasteiger charge is -2.36. The third kappa shape index (κ3) is 4.75. The quantitative estimate of drug-likeness (QED) is 0.677. The van der Waals surface area contributed by atoms with Gasteiger partial charge in [-0.25, -0.2) is 4.98 Å². The normalized spacial score (nSPS) is 15.8.